The number of carboxylic acids is 1. The van der Waals surface area contributed by atoms with Crippen LogP contribution in [0.4, 0.5) is 5.69 Å². The van der Waals surface area contributed by atoms with Crippen LogP contribution in [0.2, 0.25) is 0 Å². The van der Waals surface area contributed by atoms with E-state index in [-0.39, 0.29) is 30.2 Å². The number of hydrogen-bond donors (Lipinski definition) is 2. The third-order valence-electron chi connectivity index (χ3n) is 3.05. The summed E-state index contributed by atoms with van der Waals surface area (Å²) in [6.45, 7) is 2.21. The van der Waals surface area contributed by atoms with Gasteiger partial charge in [0.2, 0.25) is 5.91 Å². The Bertz CT molecular complexity index is 665. The summed E-state index contributed by atoms with van der Waals surface area (Å²) < 4.78 is 5.47. The number of benzene rings is 2. The molecular weight excluding hydrogens is 282 g/mol. The third-order valence-corrected chi connectivity index (χ3v) is 3.05. The molecular formula is C17H17NO4. The third kappa shape index (κ3) is 4.34. The Morgan fingerprint density at radius 2 is 1.77 bits per heavy atom. The van der Waals surface area contributed by atoms with Crippen molar-refractivity contribution in [3.8, 4) is 5.75 Å². The molecule has 0 bridgehead atoms. The van der Waals surface area contributed by atoms with Crippen LogP contribution in [0.25, 0.3) is 0 Å². The maximum Gasteiger partial charge on any atom is 0.337 e. The van der Waals surface area contributed by atoms with Crippen molar-refractivity contribution in [1.29, 1.82) is 0 Å². The number of ether oxygens (including phenoxy) is 1. The summed E-state index contributed by atoms with van der Waals surface area (Å²) in [6, 6.07) is 13.8. The van der Waals surface area contributed by atoms with Crippen LogP contribution in [0, 0.1) is 6.92 Å². The van der Waals surface area contributed by atoms with E-state index in [1.54, 1.807) is 18.2 Å². The Morgan fingerprint density at radius 3 is 2.45 bits per heavy atom. The molecule has 114 valence electrons. The van der Waals surface area contributed by atoms with Gasteiger partial charge in [0, 0.05) is 0 Å². The fraction of sp³-hybridized carbons (Fsp3) is 0.176. The molecule has 5 nitrogen and oxygen atoms in total. The van der Waals surface area contributed by atoms with Gasteiger partial charge in [0.15, 0.2) is 0 Å². The number of carbonyl (C=O) groups is 2. The summed E-state index contributed by atoms with van der Waals surface area (Å²) in [7, 11) is 0. The Labute approximate surface area is 128 Å². The highest BCUT2D eigenvalue weighted by Crippen LogP contribution is 2.15. The lowest BCUT2D eigenvalue weighted by molar-refractivity contribution is -0.116. The summed E-state index contributed by atoms with van der Waals surface area (Å²) in [5.41, 5.74) is 1.49. The standard InChI is InChI=1S/C17H17NO4/c1-12-6-8-13(9-7-12)22-11-10-16(19)18-15-5-3-2-4-14(15)17(20)21/h2-9H,10-11H2,1H3,(H,18,19)(H,20,21). The molecule has 0 unspecified atom stereocenters. The fourth-order valence-corrected chi connectivity index (χ4v) is 1.89. The van der Waals surface area contributed by atoms with Crippen molar-refractivity contribution in [1.82, 2.24) is 0 Å². The van der Waals surface area contributed by atoms with E-state index in [2.05, 4.69) is 5.32 Å². The van der Waals surface area contributed by atoms with E-state index in [0.717, 1.165) is 5.56 Å². The molecule has 2 rings (SSSR count). The minimum absolute atomic E-state index is 0.0651. The Kier molecular flexibility index (Phi) is 5.14. The second kappa shape index (κ2) is 7.26. The highest BCUT2D eigenvalue weighted by molar-refractivity contribution is 6.00. The first-order valence-electron chi connectivity index (χ1n) is 6.88. The quantitative estimate of drug-likeness (QED) is 0.859. The summed E-state index contributed by atoms with van der Waals surface area (Å²) >= 11 is 0. The van der Waals surface area contributed by atoms with E-state index < -0.39 is 5.97 Å². The molecule has 0 heterocycles. The normalized spacial score (nSPS) is 10.0. The van der Waals surface area contributed by atoms with E-state index in [0.29, 0.717) is 5.75 Å². The number of aromatic carboxylic acids is 1. The summed E-state index contributed by atoms with van der Waals surface area (Å²) in [5.74, 6) is -0.669. The highest BCUT2D eigenvalue weighted by atomic mass is 16.5. The molecule has 5 heteroatoms. The zero-order valence-electron chi connectivity index (χ0n) is 12.2. The van der Waals surface area contributed by atoms with Gasteiger partial charge in [0.05, 0.1) is 24.3 Å². The van der Waals surface area contributed by atoms with Crippen LogP contribution in [-0.2, 0) is 4.79 Å². The zero-order chi connectivity index (χ0) is 15.9. The number of carboxylic acid groups (broad SMARTS) is 1. The summed E-state index contributed by atoms with van der Waals surface area (Å²) in [6.07, 6.45) is 0.141. The Hall–Kier alpha value is -2.82. The van der Waals surface area contributed by atoms with Crippen LogP contribution in [0.1, 0.15) is 22.3 Å². The number of rotatable bonds is 6. The molecule has 0 spiro atoms. The second-order valence-corrected chi connectivity index (χ2v) is 4.81. The van der Waals surface area contributed by atoms with Crippen LogP contribution in [0.5, 0.6) is 5.75 Å². The van der Waals surface area contributed by atoms with Crippen molar-refractivity contribution >= 4 is 17.6 Å². The van der Waals surface area contributed by atoms with Gasteiger partial charge in [0.1, 0.15) is 5.75 Å². The molecule has 0 fully saturated rings. The molecule has 0 saturated carbocycles. The summed E-state index contributed by atoms with van der Waals surface area (Å²) in [4.78, 5) is 22.9. The number of aryl methyl sites for hydroxylation is 1. The molecule has 0 radical (unpaired) electrons. The predicted octanol–water partition coefficient (Wildman–Crippen LogP) is 3.10. The molecule has 1 amide bonds. The lowest BCUT2D eigenvalue weighted by Crippen LogP contribution is -2.17. The average molecular weight is 299 g/mol. The van der Waals surface area contributed by atoms with E-state index >= 15 is 0 Å². The molecule has 22 heavy (non-hydrogen) atoms. The van der Waals surface area contributed by atoms with E-state index in [9.17, 15) is 9.59 Å². The van der Waals surface area contributed by atoms with Crippen molar-refractivity contribution < 1.29 is 19.4 Å². The van der Waals surface area contributed by atoms with Crippen molar-refractivity contribution in [2.75, 3.05) is 11.9 Å². The molecule has 2 N–H and O–H groups in total. The van der Waals surface area contributed by atoms with Crippen LogP contribution < -0.4 is 10.1 Å². The van der Waals surface area contributed by atoms with Gasteiger partial charge >= 0.3 is 5.97 Å². The first-order chi connectivity index (χ1) is 10.6. The first-order valence-corrected chi connectivity index (χ1v) is 6.88. The predicted molar refractivity (Wildman–Crippen MR) is 83.3 cm³/mol. The number of nitrogens with one attached hydrogen (secondary N) is 1. The Morgan fingerprint density at radius 1 is 1.09 bits per heavy atom. The molecule has 0 atom stereocenters. The van der Waals surface area contributed by atoms with Gasteiger partial charge in [-0.3, -0.25) is 4.79 Å². The first kappa shape index (κ1) is 15.6. The molecule has 0 saturated heterocycles. The number of anilines is 1. The van der Waals surface area contributed by atoms with Crippen molar-refractivity contribution in [3.05, 3.63) is 59.7 Å². The topological polar surface area (TPSA) is 75.6 Å². The minimum atomic E-state index is -1.08. The lowest BCUT2D eigenvalue weighted by atomic mass is 10.2. The van der Waals surface area contributed by atoms with Gasteiger partial charge < -0.3 is 15.2 Å². The van der Waals surface area contributed by atoms with Crippen LogP contribution in [0.3, 0.4) is 0 Å². The monoisotopic (exact) mass is 299 g/mol. The molecule has 2 aromatic rings. The largest absolute Gasteiger partial charge is 0.493 e. The zero-order valence-corrected chi connectivity index (χ0v) is 12.2. The Balaban J connectivity index is 1.86. The van der Waals surface area contributed by atoms with E-state index in [1.165, 1.54) is 6.07 Å². The number of hydrogen-bond acceptors (Lipinski definition) is 3. The SMILES string of the molecule is Cc1ccc(OCCC(=O)Nc2ccccc2C(=O)O)cc1. The number of para-hydroxylation sites is 1. The van der Waals surface area contributed by atoms with Gasteiger partial charge in [0.25, 0.3) is 0 Å². The molecule has 0 aliphatic heterocycles. The highest BCUT2D eigenvalue weighted by Gasteiger charge is 2.11. The van der Waals surface area contributed by atoms with Crippen molar-refractivity contribution in [2.45, 2.75) is 13.3 Å². The maximum atomic E-state index is 11.8. The molecule has 2 aromatic carbocycles. The lowest BCUT2D eigenvalue weighted by Gasteiger charge is -2.09. The second-order valence-electron chi connectivity index (χ2n) is 4.81. The molecule has 0 aliphatic carbocycles. The molecule has 0 aromatic heterocycles. The van der Waals surface area contributed by atoms with Crippen LogP contribution in [-0.4, -0.2) is 23.6 Å². The van der Waals surface area contributed by atoms with Gasteiger partial charge in [-0.2, -0.15) is 0 Å². The van der Waals surface area contributed by atoms with Gasteiger partial charge in [-0.1, -0.05) is 29.8 Å². The van der Waals surface area contributed by atoms with Gasteiger partial charge in [-0.15, -0.1) is 0 Å². The minimum Gasteiger partial charge on any atom is -0.493 e. The maximum absolute atomic E-state index is 11.8. The smallest absolute Gasteiger partial charge is 0.337 e. The number of amides is 1. The fourth-order valence-electron chi connectivity index (χ4n) is 1.89. The van der Waals surface area contributed by atoms with E-state index in [1.807, 2.05) is 31.2 Å². The molecule has 0 aliphatic rings. The van der Waals surface area contributed by atoms with Gasteiger partial charge in [-0.05, 0) is 31.2 Å². The van der Waals surface area contributed by atoms with Gasteiger partial charge in [-0.25, -0.2) is 4.79 Å². The van der Waals surface area contributed by atoms with Crippen LogP contribution >= 0.6 is 0 Å². The van der Waals surface area contributed by atoms with Crippen molar-refractivity contribution in [3.63, 3.8) is 0 Å². The number of carbonyl (C=O) groups excluding carboxylic acids is 1. The van der Waals surface area contributed by atoms with Crippen molar-refractivity contribution in [2.24, 2.45) is 0 Å². The summed E-state index contributed by atoms with van der Waals surface area (Å²) in [5, 5.41) is 11.6. The van der Waals surface area contributed by atoms with Crippen LogP contribution in [0.15, 0.2) is 48.5 Å². The van der Waals surface area contributed by atoms with E-state index in [4.69, 9.17) is 9.84 Å². The average Bonchev–Trinajstić information content (AvgIpc) is 2.49.